The molecule has 32 heavy (non-hydrogen) atoms. The zero-order chi connectivity index (χ0) is 22.7. The lowest BCUT2D eigenvalue weighted by atomic mass is 10.1. The number of aromatic nitrogens is 2. The third kappa shape index (κ3) is 4.38. The first-order chi connectivity index (χ1) is 15.4. The standard InChI is InChI=1S/C22H19N3O7/c1-24-11-17(25(27)28)22(23-24)18(26)6-3-14-4-7-19(29-2)15(9-14)12-30-16-5-8-20-21(10-16)32-13-31-20/h3-11H,12-13H2,1-2H3/b6-3+. The highest BCUT2D eigenvalue weighted by molar-refractivity contribution is 6.08. The predicted octanol–water partition coefficient (Wildman–Crippen LogP) is 3.54. The number of carbonyl (C=O) groups excluding carboxylic acids is 1. The van der Waals surface area contributed by atoms with Crippen molar-refractivity contribution in [3.05, 3.63) is 75.6 Å². The van der Waals surface area contributed by atoms with E-state index < -0.39 is 10.7 Å². The highest BCUT2D eigenvalue weighted by atomic mass is 16.7. The van der Waals surface area contributed by atoms with Gasteiger partial charge in [0.1, 0.15) is 24.3 Å². The van der Waals surface area contributed by atoms with Crippen LogP contribution in [0.25, 0.3) is 6.08 Å². The monoisotopic (exact) mass is 437 g/mol. The largest absolute Gasteiger partial charge is 0.496 e. The number of rotatable bonds is 8. The van der Waals surface area contributed by atoms with Crippen LogP contribution in [-0.2, 0) is 13.7 Å². The maximum Gasteiger partial charge on any atom is 0.318 e. The maximum absolute atomic E-state index is 12.4. The number of ether oxygens (including phenoxy) is 4. The van der Waals surface area contributed by atoms with Gasteiger partial charge in [0.15, 0.2) is 11.5 Å². The molecule has 0 unspecified atom stereocenters. The zero-order valence-corrected chi connectivity index (χ0v) is 17.3. The molecule has 164 valence electrons. The second-order valence-electron chi connectivity index (χ2n) is 6.87. The molecule has 0 N–H and O–H groups in total. The summed E-state index contributed by atoms with van der Waals surface area (Å²) in [6, 6.07) is 10.6. The predicted molar refractivity (Wildman–Crippen MR) is 113 cm³/mol. The highest BCUT2D eigenvalue weighted by Gasteiger charge is 2.23. The molecule has 2 aromatic carbocycles. The molecule has 0 atom stereocenters. The second kappa shape index (κ2) is 8.80. The molecule has 10 nitrogen and oxygen atoms in total. The summed E-state index contributed by atoms with van der Waals surface area (Å²) in [4.78, 5) is 22.9. The molecule has 1 aliphatic heterocycles. The molecule has 1 aliphatic rings. The first-order valence-electron chi connectivity index (χ1n) is 9.54. The SMILES string of the molecule is COc1ccc(/C=C/C(=O)c2nn(C)cc2[N+](=O)[O-])cc1COc1ccc2c(c1)OCO2. The molecule has 0 amide bonds. The van der Waals surface area contributed by atoms with Gasteiger partial charge in [-0.05, 0) is 35.9 Å². The van der Waals surface area contributed by atoms with Crippen molar-refractivity contribution in [2.45, 2.75) is 6.61 Å². The van der Waals surface area contributed by atoms with Crippen LogP contribution in [0.4, 0.5) is 5.69 Å². The van der Waals surface area contributed by atoms with Crippen molar-refractivity contribution in [3.63, 3.8) is 0 Å². The summed E-state index contributed by atoms with van der Waals surface area (Å²) >= 11 is 0. The van der Waals surface area contributed by atoms with Crippen molar-refractivity contribution in [1.82, 2.24) is 9.78 Å². The number of fused-ring (bicyclic) bond motifs is 1. The molecule has 0 spiro atoms. The van der Waals surface area contributed by atoms with Gasteiger partial charge in [-0.1, -0.05) is 12.1 Å². The van der Waals surface area contributed by atoms with Gasteiger partial charge in [-0.3, -0.25) is 19.6 Å². The summed E-state index contributed by atoms with van der Waals surface area (Å²) < 4.78 is 23.1. The highest BCUT2D eigenvalue weighted by Crippen LogP contribution is 2.35. The summed E-state index contributed by atoms with van der Waals surface area (Å²) in [5, 5.41) is 15.0. The first kappa shape index (κ1) is 20.9. The molecule has 1 aromatic heterocycles. The van der Waals surface area contributed by atoms with E-state index in [1.807, 2.05) is 6.07 Å². The average molecular weight is 437 g/mol. The lowest BCUT2D eigenvalue weighted by molar-refractivity contribution is -0.385. The minimum Gasteiger partial charge on any atom is -0.496 e. The Kier molecular flexibility index (Phi) is 5.75. The Labute approximate surface area is 182 Å². The van der Waals surface area contributed by atoms with Crippen molar-refractivity contribution >= 4 is 17.5 Å². The quantitative estimate of drug-likeness (QED) is 0.227. The molecule has 0 radical (unpaired) electrons. The number of benzene rings is 2. The Morgan fingerprint density at radius 1 is 1.25 bits per heavy atom. The molecular weight excluding hydrogens is 418 g/mol. The number of ketones is 1. The lowest BCUT2D eigenvalue weighted by Gasteiger charge is -2.11. The van der Waals surface area contributed by atoms with Gasteiger partial charge in [-0.15, -0.1) is 0 Å². The van der Waals surface area contributed by atoms with Gasteiger partial charge >= 0.3 is 5.69 Å². The summed E-state index contributed by atoms with van der Waals surface area (Å²) in [5.41, 5.74) is 0.897. The van der Waals surface area contributed by atoms with E-state index in [2.05, 4.69) is 5.10 Å². The van der Waals surface area contributed by atoms with E-state index in [0.717, 1.165) is 5.56 Å². The van der Waals surface area contributed by atoms with Crippen LogP contribution < -0.4 is 18.9 Å². The van der Waals surface area contributed by atoms with E-state index in [0.29, 0.717) is 28.6 Å². The molecular formula is C22H19N3O7. The Balaban J connectivity index is 1.50. The van der Waals surface area contributed by atoms with Crippen molar-refractivity contribution in [2.24, 2.45) is 7.05 Å². The van der Waals surface area contributed by atoms with E-state index in [1.54, 1.807) is 43.5 Å². The summed E-state index contributed by atoms with van der Waals surface area (Å²) in [7, 11) is 3.07. The van der Waals surface area contributed by atoms with Crippen LogP contribution in [0.2, 0.25) is 0 Å². The van der Waals surface area contributed by atoms with E-state index in [-0.39, 0.29) is 24.8 Å². The summed E-state index contributed by atoms with van der Waals surface area (Å²) in [6.45, 7) is 0.394. The molecule has 4 rings (SSSR count). The number of carbonyl (C=O) groups is 1. The molecule has 0 saturated carbocycles. The fourth-order valence-electron chi connectivity index (χ4n) is 3.18. The van der Waals surface area contributed by atoms with Crippen LogP contribution in [0, 0.1) is 10.1 Å². The first-order valence-corrected chi connectivity index (χ1v) is 9.54. The number of allylic oxidation sites excluding steroid dienone is 1. The molecule has 0 bridgehead atoms. The number of methoxy groups -OCH3 is 1. The number of nitro groups is 1. The van der Waals surface area contributed by atoms with Crippen LogP contribution >= 0.6 is 0 Å². The van der Waals surface area contributed by atoms with Crippen molar-refractivity contribution < 1.29 is 28.7 Å². The van der Waals surface area contributed by atoms with Gasteiger partial charge < -0.3 is 18.9 Å². The normalized spacial score (nSPS) is 12.2. The Bertz CT molecular complexity index is 1220. The Morgan fingerprint density at radius 3 is 2.84 bits per heavy atom. The number of aryl methyl sites for hydroxylation is 1. The van der Waals surface area contributed by atoms with Crippen molar-refractivity contribution in [1.29, 1.82) is 0 Å². The van der Waals surface area contributed by atoms with E-state index in [9.17, 15) is 14.9 Å². The number of hydrogen-bond acceptors (Lipinski definition) is 8. The van der Waals surface area contributed by atoms with Gasteiger partial charge in [-0.2, -0.15) is 5.10 Å². The molecule has 3 aromatic rings. The van der Waals surface area contributed by atoms with Crippen LogP contribution in [0.15, 0.2) is 48.7 Å². The third-order valence-corrected chi connectivity index (χ3v) is 4.71. The van der Waals surface area contributed by atoms with Crippen molar-refractivity contribution in [2.75, 3.05) is 13.9 Å². The van der Waals surface area contributed by atoms with Crippen LogP contribution in [0.1, 0.15) is 21.6 Å². The number of hydrogen-bond donors (Lipinski definition) is 0. The average Bonchev–Trinajstić information content (AvgIpc) is 3.42. The van der Waals surface area contributed by atoms with Crippen molar-refractivity contribution in [3.8, 4) is 23.0 Å². The Morgan fingerprint density at radius 2 is 2.06 bits per heavy atom. The molecule has 0 aliphatic carbocycles. The minimum absolute atomic E-state index is 0.182. The summed E-state index contributed by atoms with van der Waals surface area (Å²) in [5.74, 6) is 1.95. The minimum atomic E-state index is -0.632. The zero-order valence-electron chi connectivity index (χ0n) is 17.3. The maximum atomic E-state index is 12.4. The van der Waals surface area contributed by atoms with E-state index >= 15 is 0 Å². The molecule has 0 fully saturated rings. The summed E-state index contributed by atoms with van der Waals surface area (Å²) in [6.07, 6.45) is 4.00. The fourth-order valence-corrected chi connectivity index (χ4v) is 3.18. The molecule has 0 saturated heterocycles. The fraction of sp³-hybridized carbons (Fsp3) is 0.182. The van der Waals surface area contributed by atoms with Gasteiger partial charge in [-0.25, -0.2) is 0 Å². The van der Waals surface area contributed by atoms with Gasteiger partial charge in [0, 0.05) is 18.7 Å². The van der Waals surface area contributed by atoms with Crippen LogP contribution in [-0.4, -0.2) is 34.4 Å². The Hall–Kier alpha value is -4.34. The van der Waals surface area contributed by atoms with Crippen LogP contribution in [0.3, 0.4) is 0 Å². The van der Waals surface area contributed by atoms with Gasteiger partial charge in [0.05, 0.1) is 12.0 Å². The second-order valence-corrected chi connectivity index (χ2v) is 6.87. The topological polar surface area (TPSA) is 115 Å². The molecule has 10 heteroatoms. The third-order valence-electron chi connectivity index (χ3n) is 4.71. The molecule has 2 heterocycles. The van der Waals surface area contributed by atoms with E-state index in [1.165, 1.54) is 24.0 Å². The van der Waals surface area contributed by atoms with Gasteiger partial charge in [0.25, 0.3) is 0 Å². The van der Waals surface area contributed by atoms with E-state index in [4.69, 9.17) is 18.9 Å². The number of nitrogens with zero attached hydrogens (tertiary/aromatic N) is 3. The van der Waals surface area contributed by atoms with Crippen LogP contribution in [0.5, 0.6) is 23.0 Å². The lowest BCUT2D eigenvalue weighted by Crippen LogP contribution is -2.01. The van der Waals surface area contributed by atoms with Gasteiger partial charge in [0.2, 0.25) is 18.3 Å². The smallest absolute Gasteiger partial charge is 0.318 e.